The number of nitrogens with one attached hydrogen (secondary N) is 1. The van der Waals surface area contributed by atoms with Crippen LogP contribution in [0.3, 0.4) is 0 Å². The molecule has 7 rings (SSSR count). The van der Waals surface area contributed by atoms with Gasteiger partial charge in [0.2, 0.25) is 0 Å². The molecule has 1 saturated carbocycles. The fraction of sp³-hybridized carbons (Fsp3) is 0.214. The number of aromatic nitrogens is 5. The summed E-state index contributed by atoms with van der Waals surface area (Å²) in [6.07, 6.45) is 7.46. The fourth-order valence-electron chi connectivity index (χ4n) is 5.41. The van der Waals surface area contributed by atoms with Crippen molar-refractivity contribution in [1.82, 2.24) is 23.9 Å². The molecular formula is C28H25N7O2. The van der Waals surface area contributed by atoms with Crippen molar-refractivity contribution in [1.29, 1.82) is 0 Å². The minimum Gasteiger partial charge on any atom is -0.383 e. The highest BCUT2D eigenvalue weighted by atomic mass is 16.2. The van der Waals surface area contributed by atoms with E-state index in [2.05, 4.69) is 26.0 Å². The highest BCUT2D eigenvalue weighted by Gasteiger charge is 2.29. The number of amides is 1. The van der Waals surface area contributed by atoms with Crippen LogP contribution in [0.4, 0.5) is 11.5 Å². The molecule has 4 heterocycles. The van der Waals surface area contributed by atoms with E-state index < -0.39 is 0 Å². The number of benzene rings is 2. The molecule has 9 heteroatoms. The predicted octanol–water partition coefficient (Wildman–Crippen LogP) is 4.17. The van der Waals surface area contributed by atoms with Gasteiger partial charge in [-0.2, -0.15) is 0 Å². The van der Waals surface area contributed by atoms with Crippen molar-refractivity contribution in [3.05, 3.63) is 88.7 Å². The number of fused-ring (bicyclic) bond motifs is 2. The van der Waals surface area contributed by atoms with E-state index in [0.717, 1.165) is 52.8 Å². The van der Waals surface area contributed by atoms with Crippen LogP contribution in [0.2, 0.25) is 0 Å². The van der Waals surface area contributed by atoms with Crippen molar-refractivity contribution in [3.8, 4) is 16.8 Å². The van der Waals surface area contributed by atoms with Gasteiger partial charge in [-0.3, -0.25) is 14.3 Å². The Morgan fingerprint density at radius 2 is 1.81 bits per heavy atom. The number of nitrogens with two attached hydrogens (primary N) is 1. The first kappa shape index (κ1) is 21.6. The average molecular weight is 492 g/mol. The molecule has 1 fully saturated rings. The zero-order valence-corrected chi connectivity index (χ0v) is 20.1. The van der Waals surface area contributed by atoms with Crippen molar-refractivity contribution >= 4 is 28.4 Å². The molecule has 3 aromatic heterocycles. The number of nitrogen functional groups attached to an aromatic ring is 1. The van der Waals surface area contributed by atoms with Gasteiger partial charge in [0.25, 0.3) is 11.5 Å². The van der Waals surface area contributed by atoms with E-state index in [0.29, 0.717) is 30.5 Å². The van der Waals surface area contributed by atoms with Gasteiger partial charge in [-0.15, -0.1) is 0 Å². The maximum absolute atomic E-state index is 13.3. The van der Waals surface area contributed by atoms with E-state index in [1.54, 1.807) is 4.68 Å². The zero-order valence-electron chi connectivity index (χ0n) is 20.1. The molecule has 3 N–H and O–H groups in total. The van der Waals surface area contributed by atoms with E-state index in [1.165, 1.54) is 6.33 Å². The van der Waals surface area contributed by atoms with Crippen molar-refractivity contribution in [2.45, 2.75) is 38.3 Å². The second kappa shape index (κ2) is 8.19. The normalized spacial score (nSPS) is 14.7. The molecule has 184 valence electrons. The van der Waals surface area contributed by atoms with Crippen LogP contribution in [0, 0.1) is 0 Å². The number of rotatable bonds is 5. The summed E-state index contributed by atoms with van der Waals surface area (Å²) in [5.74, 6) is 0.0649. The van der Waals surface area contributed by atoms with Crippen LogP contribution in [-0.4, -0.2) is 29.8 Å². The molecular weight excluding hydrogens is 466 g/mol. The Morgan fingerprint density at radius 3 is 2.57 bits per heavy atom. The monoisotopic (exact) mass is 491 g/mol. The standard InChI is InChI=1S/C28H25N7O2/c29-25-23-21(15-33(19-12-13-19)26(23)31-16-30-25)17-8-10-18(11-9-17)32-27(36)24-22-7-4-14-34(22)35(28(24)37)20-5-2-1-3-6-20/h1-3,5-6,8-11,15-16,19H,4,7,12-14H2,(H,32,36)(H2,29,30,31). The van der Waals surface area contributed by atoms with Crippen LogP contribution >= 0.6 is 0 Å². The van der Waals surface area contributed by atoms with Gasteiger partial charge in [0, 0.05) is 30.0 Å². The van der Waals surface area contributed by atoms with E-state index in [4.69, 9.17) is 5.73 Å². The molecule has 0 saturated heterocycles. The van der Waals surface area contributed by atoms with E-state index >= 15 is 0 Å². The molecule has 1 aliphatic carbocycles. The van der Waals surface area contributed by atoms with Gasteiger partial charge in [-0.25, -0.2) is 14.6 Å². The lowest BCUT2D eigenvalue weighted by Crippen LogP contribution is -2.26. The average Bonchev–Trinajstić information content (AvgIpc) is 3.41. The summed E-state index contributed by atoms with van der Waals surface area (Å²) in [5, 5.41) is 3.78. The third-order valence-electron chi connectivity index (χ3n) is 7.29. The molecule has 0 radical (unpaired) electrons. The third-order valence-corrected chi connectivity index (χ3v) is 7.29. The quantitative estimate of drug-likeness (QED) is 0.383. The molecule has 37 heavy (non-hydrogen) atoms. The number of carbonyl (C=O) groups is 1. The topological polar surface area (TPSA) is 113 Å². The van der Waals surface area contributed by atoms with Gasteiger partial charge in [-0.05, 0) is 55.5 Å². The Morgan fingerprint density at radius 1 is 1.03 bits per heavy atom. The lowest BCUT2D eigenvalue weighted by molar-refractivity contribution is 0.102. The first-order chi connectivity index (χ1) is 18.1. The van der Waals surface area contributed by atoms with E-state index in [1.807, 2.05) is 59.3 Å². The Kier molecular flexibility index (Phi) is 4.78. The van der Waals surface area contributed by atoms with Crippen LogP contribution < -0.4 is 16.6 Å². The van der Waals surface area contributed by atoms with Crippen LogP contribution in [0.5, 0.6) is 0 Å². The Hall–Kier alpha value is -4.66. The SMILES string of the molecule is Nc1ncnc2c1c(-c1ccc(NC(=O)c3c4n(n(-c5ccccc5)c3=O)CCC4)cc1)cn2C1CC1. The maximum atomic E-state index is 13.3. The van der Waals surface area contributed by atoms with Gasteiger partial charge >= 0.3 is 0 Å². The van der Waals surface area contributed by atoms with Crippen molar-refractivity contribution in [2.24, 2.45) is 0 Å². The Bertz CT molecular complexity index is 1720. The number of para-hydroxylation sites is 1. The van der Waals surface area contributed by atoms with Crippen LogP contribution in [-0.2, 0) is 13.0 Å². The lowest BCUT2D eigenvalue weighted by atomic mass is 10.1. The second-order valence-corrected chi connectivity index (χ2v) is 9.67. The molecule has 9 nitrogen and oxygen atoms in total. The van der Waals surface area contributed by atoms with Crippen LogP contribution in [0.1, 0.15) is 41.4 Å². The smallest absolute Gasteiger partial charge is 0.284 e. The summed E-state index contributed by atoms with van der Waals surface area (Å²) in [6, 6.07) is 17.5. The fourth-order valence-corrected chi connectivity index (χ4v) is 5.41. The molecule has 2 aliphatic rings. The van der Waals surface area contributed by atoms with Gasteiger partial charge in [0.1, 0.15) is 23.4 Å². The number of hydrogen-bond acceptors (Lipinski definition) is 5. The summed E-state index contributed by atoms with van der Waals surface area (Å²) in [7, 11) is 0. The predicted molar refractivity (Wildman–Crippen MR) is 142 cm³/mol. The molecule has 0 bridgehead atoms. The van der Waals surface area contributed by atoms with Crippen molar-refractivity contribution in [2.75, 3.05) is 11.1 Å². The molecule has 2 aromatic carbocycles. The van der Waals surface area contributed by atoms with Gasteiger partial charge < -0.3 is 15.6 Å². The molecule has 0 spiro atoms. The second-order valence-electron chi connectivity index (χ2n) is 9.67. The molecule has 0 unspecified atom stereocenters. The van der Waals surface area contributed by atoms with Gasteiger partial charge in [0.05, 0.1) is 16.8 Å². The minimum absolute atomic E-state index is 0.211. The largest absolute Gasteiger partial charge is 0.383 e. The number of nitrogens with zero attached hydrogens (tertiary/aromatic N) is 5. The Balaban J connectivity index is 1.21. The van der Waals surface area contributed by atoms with E-state index in [9.17, 15) is 9.59 Å². The molecule has 1 aliphatic heterocycles. The highest BCUT2D eigenvalue weighted by molar-refractivity contribution is 6.05. The summed E-state index contributed by atoms with van der Waals surface area (Å²) >= 11 is 0. The van der Waals surface area contributed by atoms with Crippen molar-refractivity contribution < 1.29 is 4.79 Å². The molecule has 1 amide bonds. The molecule has 0 atom stereocenters. The number of hydrogen-bond donors (Lipinski definition) is 2. The maximum Gasteiger partial charge on any atom is 0.284 e. The number of carbonyl (C=O) groups excluding carboxylic acids is 1. The summed E-state index contributed by atoms with van der Waals surface area (Å²) < 4.78 is 5.73. The summed E-state index contributed by atoms with van der Waals surface area (Å²) in [5.41, 5.74) is 11.1. The Labute approximate surface area is 212 Å². The summed E-state index contributed by atoms with van der Waals surface area (Å²) in [6.45, 7) is 0.711. The molecule has 5 aromatic rings. The summed E-state index contributed by atoms with van der Waals surface area (Å²) in [4.78, 5) is 35.4. The first-order valence-electron chi connectivity index (χ1n) is 12.5. The van der Waals surface area contributed by atoms with Crippen LogP contribution in [0.25, 0.3) is 27.8 Å². The van der Waals surface area contributed by atoms with Crippen molar-refractivity contribution in [3.63, 3.8) is 0 Å². The highest BCUT2D eigenvalue weighted by Crippen LogP contribution is 2.42. The van der Waals surface area contributed by atoms with Crippen LogP contribution in [0.15, 0.2) is 71.9 Å². The lowest BCUT2D eigenvalue weighted by Gasteiger charge is -2.08. The van der Waals surface area contributed by atoms with Gasteiger partial charge in [0.15, 0.2) is 0 Å². The zero-order chi connectivity index (χ0) is 25.1. The first-order valence-corrected chi connectivity index (χ1v) is 12.5. The van der Waals surface area contributed by atoms with Gasteiger partial charge in [-0.1, -0.05) is 30.3 Å². The minimum atomic E-state index is -0.388. The number of anilines is 2. The van der Waals surface area contributed by atoms with E-state index in [-0.39, 0.29) is 17.0 Å². The third kappa shape index (κ3) is 3.46.